The third kappa shape index (κ3) is 5.48. The Morgan fingerprint density at radius 1 is 0.875 bits per heavy atom. The molecule has 0 spiro atoms. The molecule has 0 aliphatic carbocycles. The minimum atomic E-state index is 1.18. The minimum absolute atomic E-state index is 1.18. The molecule has 0 nitrogen and oxygen atoms in total. The summed E-state index contributed by atoms with van der Waals surface area (Å²) >= 11 is 0. The van der Waals surface area contributed by atoms with Crippen LogP contribution >= 0.6 is 0 Å². The van der Waals surface area contributed by atoms with E-state index in [1.807, 2.05) is 0 Å². The van der Waals surface area contributed by atoms with Gasteiger partial charge in [0.1, 0.15) is 0 Å². The molecule has 0 aromatic rings. The van der Waals surface area contributed by atoms with E-state index in [1.165, 1.54) is 12.8 Å². The van der Waals surface area contributed by atoms with E-state index in [1.54, 1.807) is 0 Å². The Balaban J connectivity index is 2.93. The second-order valence-corrected chi connectivity index (χ2v) is 1.72. The topological polar surface area (TPSA) is 0 Å². The van der Waals surface area contributed by atoms with Crippen LogP contribution < -0.4 is 0 Å². The molecular weight excluding hydrogens is 96.1 g/mol. The van der Waals surface area contributed by atoms with Crippen molar-refractivity contribution >= 4 is 0 Å². The number of hydrogen-bond acceptors (Lipinski definition) is 0. The van der Waals surface area contributed by atoms with Gasteiger partial charge in [-0.05, 0) is 26.7 Å². The van der Waals surface area contributed by atoms with E-state index in [-0.39, 0.29) is 0 Å². The molecule has 0 aromatic heterocycles. The number of allylic oxidation sites excluding steroid dienone is 4. The summed E-state index contributed by atoms with van der Waals surface area (Å²) in [6.45, 7) is 4.10. The van der Waals surface area contributed by atoms with Gasteiger partial charge in [0, 0.05) is 0 Å². The smallest absolute Gasteiger partial charge is 0.0316 e. The first-order valence-electron chi connectivity index (χ1n) is 3.14. The van der Waals surface area contributed by atoms with E-state index in [0.29, 0.717) is 0 Å². The fraction of sp³-hybridized carbons (Fsp3) is 0.500. The lowest BCUT2D eigenvalue weighted by Crippen LogP contribution is -1.60. The summed E-state index contributed by atoms with van der Waals surface area (Å²) in [5, 5.41) is 0. The molecule has 0 bridgehead atoms. The van der Waals surface area contributed by atoms with Crippen molar-refractivity contribution in [1.29, 1.82) is 0 Å². The Morgan fingerprint density at radius 2 is 1.25 bits per heavy atom. The molecule has 0 N–H and O–H groups in total. The average Bonchev–Trinajstić information content (AvgIpc) is 1.81. The monoisotopic (exact) mass is 110 g/mol. The maximum Gasteiger partial charge on any atom is -0.0316 e. The summed E-state index contributed by atoms with van der Waals surface area (Å²) in [7, 11) is 0. The third-order valence-corrected chi connectivity index (χ3v) is 0.971. The van der Waals surface area contributed by atoms with Crippen LogP contribution in [0.1, 0.15) is 26.7 Å². The zero-order chi connectivity index (χ0) is 6.24. The third-order valence-electron chi connectivity index (χ3n) is 0.971. The van der Waals surface area contributed by atoms with Gasteiger partial charge in [-0.15, -0.1) is 0 Å². The molecule has 0 fully saturated rings. The molecule has 0 saturated carbocycles. The number of rotatable bonds is 3. The number of unbranched alkanes of at least 4 members (excludes halogenated alkanes) is 1. The summed E-state index contributed by atoms with van der Waals surface area (Å²) in [6, 6.07) is 0. The summed E-state index contributed by atoms with van der Waals surface area (Å²) in [6.07, 6.45) is 10.9. The van der Waals surface area contributed by atoms with Gasteiger partial charge < -0.3 is 0 Å². The van der Waals surface area contributed by atoms with Gasteiger partial charge in [-0.25, -0.2) is 0 Å². The van der Waals surface area contributed by atoms with Gasteiger partial charge in [0.05, 0.1) is 0 Å². The molecular formula is C8H14. The number of hydrogen-bond donors (Lipinski definition) is 0. The molecule has 0 saturated heterocycles. The first kappa shape index (κ1) is 7.48. The lowest BCUT2D eigenvalue weighted by atomic mass is 10.3. The quantitative estimate of drug-likeness (QED) is 0.387. The molecule has 0 atom stereocenters. The van der Waals surface area contributed by atoms with Crippen molar-refractivity contribution < 1.29 is 0 Å². The summed E-state index contributed by atoms with van der Waals surface area (Å²) in [4.78, 5) is 0. The minimum Gasteiger partial charge on any atom is -0.0917 e. The Labute approximate surface area is 51.9 Å². The molecule has 0 aliphatic rings. The second-order valence-electron chi connectivity index (χ2n) is 1.72. The van der Waals surface area contributed by atoms with Crippen LogP contribution in [-0.4, -0.2) is 0 Å². The van der Waals surface area contributed by atoms with Crippen molar-refractivity contribution in [1.82, 2.24) is 0 Å². The lowest BCUT2D eigenvalue weighted by Gasteiger charge is -1.81. The largest absolute Gasteiger partial charge is 0.0917 e. The SMILES string of the molecule is CC=CCC/C=C/C. The van der Waals surface area contributed by atoms with Crippen LogP contribution in [0.3, 0.4) is 0 Å². The van der Waals surface area contributed by atoms with Crippen LogP contribution in [0.2, 0.25) is 0 Å². The molecule has 0 unspecified atom stereocenters. The van der Waals surface area contributed by atoms with Crippen molar-refractivity contribution in [3.05, 3.63) is 24.3 Å². The zero-order valence-electron chi connectivity index (χ0n) is 5.72. The van der Waals surface area contributed by atoms with Crippen molar-refractivity contribution in [2.45, 2.75) is 26.7 Å². The van der Waals surface area contributed by atoms with Gasteiger partial charge in [0.15, 0.2) is 0 Å². The molecule has 0 amide bonds. The molecule has 8 heavy (non-hydrogen) atoms. The normalized spacial score (nSPS) is 11.8. The van der Waals surface area contributed by atoms with E-state index in [4.69, 9.17) is 0 Å². The highest BCUT2D eigenvalue weighted by atomic mass is 13.8. The summed E-state index contributed by atoms with van der Waals surface area (Å²) in [5.41, 5.74) is 0. The Kier molecular flexibility index (Phi) is 6.06. The van der Waals surface area contributed by atoms with Crippen LogP contribution in [-0.2, 0) is 0 Å². The van der Waals surface area contributed by atoms with E-state index in [9.17, 15) is 0 Å². The summed E-state index contributed by atoms with van der Waals surface area (Å²) < 4.78 is 0. The van der Waals surface area contributed by atoms with Crippen LogP contribution in [0.4, 0.5) is 0 Å². The van der Waals surface area contributed by atoms with Gasteiger partial charge >= 0.3 is 0 Å². The molecule has 0 aromatic carbocycles. The maximum atomic E-state index is 2.18. The van der Waals surface area contributed by atoms with Gasteiger partial charge in [0.25, 0.3) is 0 Å². The average molecular weight is 110 g/mol. The van der Waals surface area contributed by atoms with E-state index in [2.05, 4.69) is 38.2 Å². The van der Waals surface area contributed by atoms with Crippen molar-refractivity contribution in [2.24, 2.45) is 0 Å². The fourth-order valence-electron chi connectivity index (χ4n) is 0.526. The molecule has 0 aliphatic heterocycles. The fourth-order valence-corrected chi connectivity index (χ4v) is 0.526. The zero-order valence-corrected chi connectivity index (χ0v) is 5.72. The molecule has 46 valence electrons. The molecule has 0 heterocycles. The van der Waals surface area contributed by atoms with Crippen LogP contribution in [0.25, 0.3) is 0 Å². The van der Waals surface area contributed by atoms with E-state index < -0.39 is 0 Å². The standard InChI is InChI=1S/C8H14/c1-3-5-7-8-6-4-2/h3-6H,7-8H2,1-2H3/b5-3+,6-4?. The molecule has 0 radical (unpaired) electrons. The highest BCUT2D eigenvalue weighted by molar-refractivity contribution is 4.83. The second kappa shape index (κ2) is 6.48. The van der Waals surface area contributed by atoms with Crippen LogP contribution in [0, 0.1) is 0 Å². The van der Waals surface area contributed by atoms with Crippen LogP contribution in [0.5, 0.6) is 0 Å². The maximum absolute atomic E-state index is 2.18. The van der Waals surface area contributed by atoms with Gasteiger partial charge in [-0.2, -0.15) is 0 Å². The van der Waals surface area contributed by atoms with Crippen molar-refractivity contribution in [3.8, 4) is 0 Å². The predicted molar refractivity (Wildman–Crippen MR) is 38.9 cm³/mol. The van der Waals surface area contributed by atoms with E-state index >= 15 is 0 Å². The molecule has 0 rings (SSSR count). The highest BCUT2D eigenvalue weighted by Crippen LogP contribution is 1.90. The molecule has 0 heteroatoms. The van der Waals surface area contributed by atoms with Gasteiger partial charge in [-0.1, -0.05) is 24.3 Å². The first-order valence-corrected chi connectivity index (χ1v) is 3.14. The highest BCUT2D eigenvalue weighted by Gasteiger charge is 1.70. The Bertz CT molecular complexity index is 66.0. The summed E-state index contributed by atoms with van der Waals surface area (Å²) in [5.74, 6) is 0. The first-order chi connectivity index (χ1) is 3.91. The lowest BCUT2D eigenvalue weighted by molar-refractivity contribution is 1.05. The van der Waals surface area contributed by atoms with Gasteiger partial charge in [0.2, 0.25) is 0 Å². The van der Waals surface area contributed by atoms with Gasteiger partial charge in [-0.3, -0.25) is 0 Å². The van der Waals surface area contributed by atoms with Crippen molar-refractivity contribution in [2.75, 3.05) is 0 Å². The van der Waals surface area contributed by atoms with Crippen LogP contribution in [0.15, 0.2) is 24.3 Å². The Morgan fingerprint density at radius 3 is 1.50 bits per heavy atom. The van der Waals surface area contributed by atoms with Crippen molar-refractivity contribution in [3.63, 3.8) is 0 Å². The van der Waals surface area contributed by atoms with E-state index in [0.717, 1.165) is 0 Å². The Hall–Kier alpha value is -0.520. The predicted octanol–water partition coefficient (Wildman–Crippen LogP) is 2.92.